The lowest BCUT2D eigenvalue weighted by molar-refractivity contribution is -0.193. The summed E-state index contributed by atoms with van der Waals surface area (Å²) in [5.41, 5.74) is 4.44. The maximum Gasteiger partial charge on any atom is 0.373 e. The third kappa shape index (κ3) is 13.2. The molecule has 2 aromatic carbocycles. The Morgan fingerprint density at radius 3 is 1.11 bits per heavy atom. The summed E-state index contributed by atoms with van der Waals surface area (Å²) >= 11 is 0. The molecule has 28 heavy (non-hydrogen) atoms. The Hall–Kier alpha value is -3.00. The zero-order valence-electron chi connectivity index (χ0n) is 17.7. The fourth-order valence-electron chi connectivity index (χ4n) is 2.01. The van der Waals surface area contributed by atoms with E-state index in [-0.39, 0.29) is 23.1 Å². The second-order valence-electron chi connectivity index (χ2n) is 8.08. The van der Waals surface area contributed by atoms with E-state index < -0.39 is 0 Å². The molecule has 0 aliphatic rings. The number of benzene rings is 2. The summed E-state index contributed by atoms with van der Waals surface area (Å²) in [6.07, 6.45) is 0.500. The van der Waals surface area contributed by atoms with Crippen LogP contribution in [0.5, 0.6) is 5.75 Å². The molecule has 0 fully saturated rings. The van der Waals surface area contributed by atoms with Crippen LogP contribution in [0.15, 0.2) is 48.5 Å². The van der Waals surface area contributed by atoms with Gasteiger partial charge in [0.05, 0.1) is 0 Å². The molecule has 0 saturated heterocycles. The van der Waals surface area contributed by atoms with E-state index in [4.69, 9.17) is 24.3 Å². The van der Waals surface area contributed by atoms with Crippen LogP contribution in [0.3, 0.4) is 0 Å². The van der Waals surface area contributed by atoms with Gasteiger partial charge in [0, 0.05) is 0 Å². The van der Waals surface area contributed by atoms with E-state index in [9.17, 15) is 0 Å². The van der Waals surface area contributed by atoms with E-state index >= 15 is 0 Å². The van der Waals surface area contributed by atoms with Gasteiger partial charge in [0.25, 0.3) is 0 Å². The highest BCUT2D eigenvalue weighted by molar-refractivity contribution is 5.30. The molecule has 0 saturated carbocycles. The lowest BCUT2D eigenvalue weighted by Crippen LogP contribution is -2.10. The molecule has 0 unspecified atom stereocenters. The van der Waals surface area contributed by atoms with Crippen LogP contribution in [-0.4, -0.2) is 17.4 Å². The first kappa shape index (κ1) is 27.2. The maximum atomic E-state index is 9.02. The van der Waals surface area contributed by atoms with Crippen molar-refractivity contribution in [3.05, 3.63) is 65.2 Å². The van der Waals surface area contributed by atoms with Crippen LogP contribution < -0.4 is 0 Å². The first-order valence-corrected chi connectivity index (χ1v) is 8.68. The van der Waals surface area contributed by atoms with Crippen LogP contribution in [-0.2, 0) is 30.0 Å². The van der Waals surface area contributed by atoms with E-state index in [2.05, 4.69) is 72.7 Å². The molecule has 0 aliphatic carbocycles. The molecule has 1 N–H and O–H groups in total. The number of aryl methyl sites for hydroxylation is 1. The topological polar surface area (TPSA) is 88.5 Å². The maximum absolute atomic E-state index is 9.02. The first-order valence-electron chi connectivity index (χ1n) is 8.68. The summed E-state index contributed by atoms with van der Waals surface area (Å²) in [6, 6.07) is 16.1. The molecule has 0 aromatic heterocycles. The Bertz CT molecular complexity index is 666. The van der Waals surface area contributed by atoms with Crippen molar-refractivity contribution in [3.8, 4) is 5.75 Å². The molecule has 0 atom stereocenters. The first-order chi connectivity index (χ1) is 12.8. The zero-order chi connectivity index (χ0) is 22.4. The van der Waals surface area contributed by atoms with Gasteiger partial charge in [0.2, 0.25) is 0 Å². The highest BCUT2D eigenvalue weighted by Gasteiger charge is 2.12. The van der Waals surface area contributed by atoms with Gasteiger partial charge in [0.15, 0.2) is 0 Å². The van der Waals surface area contributed by atoms with Crippen molar-refractivity contribution in [1.29, 1.82) is 0 Å². The molecule has 2 rings (SSSR count). The van der Waals surface area contributed by atoms with E-state index in [0.717, 1.165) is 0 Å². The van der Waals surface area contributed by atoms with Crippen molar-refractivity contribution in [2.75, 3.05) is 0 Å². The van der Waals surface area contributed by atoms with Crippen molar-refractivity contribution < 1.29 is 24.3 Å². The predicted molar refractivity (Wildman–Crippen MR) is 107 cm³/mol. The van der Waals surface area contributed by atoms with Gasteiger partial charge in [0.1, 0.15) is 5.75 Å². The molecule has 0 heterocycles. The molecule has 0 radical (unpaired) electrons. The summed E-state index contributed by atoms with van der Waals surface area (Å²) in [5.74, 6) is 0.331. The van der Waals surface area contributed by atoms with Crippen LogP contribution in [0.25, 0.3) is 0 Å². The molecular formula is C23H30O5. The number of phenolic OH excluding ortho intramolecular Hbond substituents is 1. The molecule has 0 spiro atoms. The molecule has 5 nitrogen and oxygen atoms in total. The van der Waals surface area contributed by atoms with E-state index in [1.165, 1.54) is 16.7 Å². The Morgan fingerprint density at radius 1 is 0.607 bits per heavy atom. The van der Waals surface area contributed by atoms with E-state index in [1.54, 1.807) is 12.1 Å². The normalized spacial score (nSPS) is 9.68. The fourth-order valence-corrected chi connectivity index (χ4v) is 2.01. The number of aromatic hydroxyl groups is 1. The number of carbonyl (C=O) groups excluding carboxylic acids is 4. The molecule has 2 aromatic rings. The number of hydrogen-bond acceptors (Lipinski definition) is 5. The number of phenols is 1. The Morgan fingerprint density at radius 2 is 0.857 bits per heavy atom. The summed E-state index contributed by atoms with van der Waals surface area (Å²) in [4.78, 5) is 32.5. The van der Waals surface area contributed by atoms with Crippen molar-refractivity contribution in [3.63, 3.8) is 0 Å². The van der Waals surface area contributed by atoms with E-state index in [0.29, 0.717) is 5.75 Å². The van der Waals surface area contributed by atoms with Gasteiger partial charge >= 0.3 is 12.3 Å². The zero-order valence-corrected chi connectivity index (χ0v) is 17.7. The summed E-state index contributed by atoms with van der Waals surface area (Å²) in [5, 5.41) is 9.02. The van der Waals surface area contributed by atoms with Gasteiger partial charge in [-0.15, -0.1) is 0 Å². The molecule has 0 bridgehead atoms. The Labute approximate surface area is 167 Å². The Balaban J connectivity index is 0. The minimum atomic E-state index is 0.174. The minimum absolute atomic E-state index is 0.174. The lowest BCUT2D eigenvalue weighted by atomic mass is 9.87. The van der Waals surface area contributed by atoms with Gasteiger partial charge in [-0.2, -0.15) is 19.2 Å². The molecular weight excluding hydrogens is 356 g/mol. The van der Waals surface area contributed by atoms with Gasteiger partial charge in [-0.25, -0.2) is 0 Å². The quantitative estimate of drug-likeness (QED) is 0.701. The highest BCUT2D eigenvalue weighted by atomic mass is 16.3. The molecule has 0 amide bonds. The second-order valence-corrected chi connectivity index (χ2v) is 8.08. The SMILES string of the molecule is CC(C)(C)c1ccc(O)cc1.Cc1ccc(C(C)(C)C)cc1.O=C=O.O=C=O. The van der Waals surface area contributed by atoms with Crippen molar-refractivity contribution >= 4 is 12.3 Å². The predicted octanol–water partition coefficient (Wildman–Crippen LogP) is 4.82. The highest BCUT2D eigenvalue weighted by Crippen LogP contribution is 2.23. The second kappa shape index (κ2) is 13.2. The average molecular weight is 386 g/mol. The van der Waals surface area contributed by atoms with Crippen LogP contribution in [0.2, 0.25) is 0 Å². The molecule has 0 aliphatic heterocycles. The van der Waals surface area contributed by atoms with Crippen molar-refractivity contribution in [1.82, 2.24) is 0 Å². The summed E-state index contributed by atoms with van der Waals surface area (Å²) in [7, 11) is 0. The monoisotopic (exact) mass is 386 g/mol. The van der Waals surface area contributed by atoms with Crippen LogP contribution in [0, 0.1) is 6.92 Å². The number of rotatable bonds is 0. The minimum Gasteiger partial charge on any atom is -0.508 e. The summed E-state index contributed by atoms with van der Waals surface area (Å²) in [6.45, 7) is 15.3. The van der Waals surface area contributed by atoms with Crippen LogP contribution in [0.4, 0.5) is 0 Å². The van der Waals surface area contributed by atoms with Gasteiger partial charge < -0.3 is 5.11 Å². The average Bonchev–Trinajstić information content (AvgIpc) is 2.56. The van der Waals surface area contributed by atoms with Crippen LogP contribution in [0.1, 0.15) is 58.2 Å². The van der Waals surface area contributed by atoms with Gasteiger partial charge in [-0.05, 0) is 41.0 Å². The standard InChI is InChI=1S/C11H16.C10H14O.2CO2/c1-9-5-7-10(8-6-9)11(2,3)4;1-10(2,3)8-4-6-9(11)7-5-8;2*2-1-3/h5-8H,1-4H3;4-7,11H,1-3H3;;. The van der Waals surface area contributed by atoms with E-state index in [1.807, 2.05) is 12.1 Å². The largest absolute Gasteiger partial charge is 0.508 e. The molecule has 5 heteroatoms. The Kier molecular flexibility index (Phi) is 12.8. The van der Waals surface area contributed by atoms with Gasteiger partial charge in [-0.3, -0.25) is 0 Å². The fraction of sp³-hybridized carbons (Fsp3) is 0.391. The van der Waals surface area contributed by atoms with Crippen molar-refractivity contribution in [2.24, 2.45) is 0 Å². The third-order valence-corrected chi connectivity index (χ3v) is 3.65. The third-order valence-electron chi connectivity index (χ3n) is 3.65. The number of hydrogen-bond donors (Lipinski definition) is 1. The lowest BCUT2D eigenvalue weighted by Gasteiger charge is -2.18. The van der Waals surface area contributed by atoms with Crippen molar-refractivity contribution in [2.45, 2.75) is 59.3 Å². The summed E-state index contributed by atoms with van der Waals surface area (Å²) < 4.78 is 0. The smallest absolute Gasteiger partial charge is 0.373 e. The van der Waals surface area contributed by atoms with Gasteiger partial charge in [-0.1, -0.05) is 83.5 Å². The van der Waals surface area contributed by atoms with Crippen LogP contribution >= 0.6 is 0 Å². The molecule has 152 valence electrons.